The third-order valence-corrected chi connectivity index (χ3v) is 3.41. The van der Waals surface area contributed by atoms with Crippen LogP contribution < -0.4 is 14.8 Å². The van der Waals surface area contributed by atoms with Gasteiger partial charge in [0.15, 0.2) is 0 Å². The van der Waals surface area contributed by atoms with Crippen LogP contribution in [0.5, 0.6) is 11.5 Å². The summed E-state index contributed by atoms with van der Waals surface area (Å²) in [7, 11) is 5.22. The van der Waals surface area contributed by atoms with Gasteiger partial charge in [-0.2, -0.15) is 0 Å². The van der Waals surface area contributed by atoms with Crippen molar-refractivity contribution < 1.29 is 9.47 Å². The van der Waals surface area contributed by atoms with E-state index in [1.165, 1.54) is 0 Å². The van der Waals surface area contributed by atoms with E-state index in [2.05, 4.69) is 10.3 Å². The molecule has 0 fully saturated rings. The molecule has 96 valence electrons. The van der Waals surface area contributed by atoms with Gasteiger partial charge in [-0.1, -0.05) is 0 Å². The number of rotatable bonds is 5. The first kappa shape index (κ1) is 12.9. The van der Waals surface area contributed by atoms with Crippen LogP contribution in [-0.2, 0) is 6.54 Å². The van der Waals surface area contributed by atoms with E-state index < -0.39 is 0 Å². The second-order valence-electron chi connectivity index (χ2n) is 3.72. The SMILES string of the molecule is CNCc1nc(-c2cc(OC)ccc2OC)cs1. The van der Waals surface area contributed by atoms with E-state index in [1.54, 1.807) is 25.6 Å². The fraction of sp³-hybridized carbons (Fsp3) is 0.308. The lowest BCUT2D eigenvalue weighted by Gasteiger charge is -2.08. The van der Waals surface area contributed by atoms with Gasteiger partial charge in [0.2, 0.25) is 0 Å². The Balaban J connectivity index is 2.40. The molecule has 5 heteroatoms. The highest BCUT2D eigenvalue weighted by Crippen LogP contribution is 2.33. The predicted octanol–water partition coefficient (Wildman–Crippen LogP) is 2.55. The molecule has 18 heavy (non-hydrogen) atoms. The van der Waals surface area contributed by atoms with E-state index in [0.717, 1.165) is 34.3 Å². The number of thiazole rings is 1. The number of benzene rings is 1. The van der Waals surface area contributed by atoms with Crippen LogP contribution in [0, 0.1) is 0 Å². The zero-order chi connectivity index (χ0) is 13.0. The highest BCUT2D eigenvalue weighted by molar-refractivity contribution is 7.09. The van der Waals surface area contributed by atoms with Gasteiger partial charge in [0.05, 0.1) is 19.9 Å². The molecule has 0 radical (unpaired) electrons. The lowest BCUT2D eigenvalue weighted by Crippen LogP contribution is -2.04. The minimum Gasteiger partial charge on any atom is -0.497 e. The average Bonchev–Trinajstić information content (AvgIpc) is 2.87. The summed E-state index contributed by atoms with van der Waals surface area (Å²) >= 11 is 1.63. The first-order chi connectivity index (χ1) is 8.78. The summed E-state index contributed by atoms with van der Waals surface area (Å²) in [5, 5.41) is 6.18. The molecule has 0 bridgehead atoms. The molecule has 0 atom stereocenters. The van der Waals surface area contributed by atoms with E-state index in [-0.39, 0.29) is 0 Å². The topological polar surface area (TPSA) is 43.4 Å². The summed E-state index contributed by atoms with van der Waals surface area (Å²) in [5.74, 6) is 1.60. The molecule has 0 aliphatic heterocycles. The second-order valence-corrected chi connectivity index (χ2v) is 4.67. The molecule has 2 rings (SSSR count). The van der Waals surface area contributed by atoms with Crippen molar-refractivity contribution in [3.05, 3.63) is 28.6 Å². The van der Waals surface area contributed by atoms with Gasteiger partial charge in [0.1, 0.15) is 16.5 Å². The van der Waals surface area contributed by atoms with E-state index in [9.17, 15) is 0 Å². The third kappa shape index (κ3) is 2.63. The van der Waals surface area contributed by atoms with Crippen LogP contribution in [0.25, 0.3) is 11.3 Å². The Bertz CT molecular complexity index is 525. The molecule has 1 aromatic heterocycles. The molecule has 1 heterocycles. The lowest BCUT2D eigenvalue weighted by molar-refractivity contribution is 0.404. The summed E-state index contributed by atoms with van der Waals surface area (Å²) in [5.41, 5.74) is 1.87. The van der Waals surface area contributed by atoms with E-state index in [1.807, 2.05) is 30.6 Å². The molecule has 0 aliphatic rings. The molecule has 0 saturated carbocycles. The molecular weight excluding hydrogens is 248 g/mol. The molecule has 1 N–H and O–H groups in total. The highest BCUT2D eigenvalue weighted by atomic mass is 32.1. The number of hydrogen-bond donors (Lipinski definition) is 1. The van der Waals surface area contributed by atoms with Crippen LogP contribution in [0.15, 0.2) is 23.6 Å². The minimum atomic E-state index is 0.775. The van der Waals surface area contributed by atoms with Crippen LogP contribution >= 0.6 is 11.3 Å². The van der Waals surface area contributed by atoms with Gasteiger partial charge in [0.25, 0.3) is 0 Å². The van der Waals surface area contributed by atoms with Crippen molar-refractivity contribution in [3.8, 4) is 22.8 Å². The quantitative estimate of drug-likeness (QED) is 0.901. The normalized spacial score (nSPS) is 10.4. The molecule has 0 aliphatic carbocycles. The molecule has 0 saturated heterocycles. The fourth-order valence-corrected chi connectivity index (χ4v) is 2.49. The second kappa shape index (κ2) is 5.84. The summed E-state index contributed by atoms with van der Waals surface area (Å²) < 4.78 is 10.6. The summed E-state index contributed by atoms with van der Waals surface area (Å²) in [6.07, 6.45) is 0. The zero-order valence-corrected chi connectivity index (χ0v) is 11.5. The average molecular weight is 264 g/mol. The van der Waals surface area contributed by atoms with Crippen molar-refractivity contribution in [2.24, 2.45) is 0 Å². The monoisotopic (exact) mass is 264 g/mol. The Morgan fingerprint density at radius 2 is 2.11 bits per heavy atom. The number of aromatic nitrogens is 1. The maximum Gasteiger partial charge on any atom is 0.128 e. The largest absolute Gasteiger partial charge is 0.497 e. The Morgan fingerprint density at radius 1 is 1.28 bits per heavy atom. The van der Waals surface area contributed by atoms with Crippen LogP contribution in [0.4, 0.5) is 0 Å². The van der Waals surface area contributed by atoms with Crippen molar-refractivity contribution in [1.82, 2.24) is 10.3 Å². The van der Waals surface area contributed by atoms with E-state index >= 15 is 0 Å². The Morgan fingerprint density at radius 3 is 2.78 bits per heavy atom. The molecule has 4 nitrogen and oxygen atoms in total. The molecule has 0 amide bonds. The lowest BCUT2D eigenvalue weighted by atomic mass is 10.1. The Labute approximate surface area is 111 Å². The standard InChI is InChI=1S/C13H16N2O2S/c1-14-7-13-15-11(8-18-13)10-6-9(16-2)4-5-12(10)17-3/h4-6,8,14H,7H2,1-3H3. The van der Waals surface area contributed by atoms with E-state index in [4.69, 9.17) is 9.47 Å². The van der Waals surface area contributed by atoms with Crippen molar-refractivity contribution in [3.63, 3.8) is 0 Å². The fourth-order valence-electron chi connectivity index (χ4n) is 1.68. The van der Waals surface area contributed by atoms with Crippen molar-refractivity contribution in [1.29, 1.82) is 0 Å². The first-order valence-corrected chi connectivity index (χ1v) is 6.48. The number of nitrogens with zero attached hydrogens (tertiary/aromatic N) is 1. The third-order valence-electron chi connectivity index (χ3n) is 2.56. The zero-order valence-electron chi connectivity index (χ0n) is 10.7. The molecular formula is C13H16N2O2S. The van der Waals surface area contributed by atoms with Crippen LogP contribution in [0.3, 0.4) is 0 Å². The minimum absolute atomic E-state index is 0.775. The van der Waals surface area contributed by atoms with Crippen molar-refractivity contribution in [2.75, 3.05) is 21.3 Å². The molecule has 0 spiro atoms. The van der Waals surface area contributed by atoms with Gasteiger partial charge < -0.3 is 14.8 Å². The molecule has 2 aromatic rings. The van der Waals surface area contributed by atoms with Crippen LogP contribution in [0.2, 0.25) is 0 Å². The summed E-state index contributed by atoms with van der Waals surface area (Å²) in [6, 6.07) is 5.71. The van der Waals surface area contributed by atoms with Gasteiger partial charge in [-0.05, 0) is 25.2 Å². The number of methoxy groups -OCH3 is 2. The van der Waals surface area contributed by atoms with Gasteiger partial charge in [0, 0.05) is 17.5 Å². The number of nitrogens with one attached hydrogen (secondary N) is 1. The summed E-state index contributed by atoms with van der Waals surface area (Å²) in [4.78, 5) is 4.57. The van der Waals surface area contributed by atoms with Gasteiger partial charge >= 0.3 is 0 Å². The molecule has 1 aromatic carbocycles. The maximum atomic E-state index is 5.36. The van der Waals surface area contributed by atoms with Crippen molar-refractivity contribution in [2.45, 2.75) is 6.54 Å². The van der Waals surface area contributed by atoms with Gasteiger partial charge in [-0.3, -0.25) is 0 Å². The molecule has 0 unspecified atom stereocenters. The number of hydrogen-bond acceptors (Lipinski definition) is 5. The first-order valence-electron chi connectivity index (χ1n) is 5.60. The predicted molar refractivity (Wildman–Crippen MR) is 73.4 cm³/mol. The smallest absolute Gasteiger partial charge is 0.128 e. The van der Waals surface area contributed by atoms with E-state index in [0.29, 0.717) is 0 Å². The highest BCUT2D eigenvalue weighted by Gasteiger charge is 2.11. The van der Waals surface area contributed by atoms with Crippen molar-refractivity contribution >= 4 is 11.3 Å². The van der Waals surface area contributed by atoms with Gasteiger partial charge in [-0.15, -0.1) is 11.3 Å². The van der Waals surface area contributed by atoms with Gasteiger partial charge in [-0.25, -0.2) is 4.98 Å². The Kier molecular flexibility index (Phi) is 4.17. The van der Waals surface area contributed by atoms with Crippen LogP contribution in [0.1, 0.15) is 5.01 Å². The number of ether oxygens (including phenoxy) is 2. The van der Waals surface area contributed by atoms with Crippen LogP contribution in [-0.4, -0.2) is 26.3 Å². The Hall–Kier alpha value is -1.59. The maximum absolute atomic E-state index is 5.36. The summed E-state index contributed by atoms with van der Waals surface area (Å²) in [6.45, 7) is 0.775.